The number of nitrogens with zero attached hydrogens (tertiary/aromatic N) is 2. The number of methoxy groups -OCH3 is 2. The third-order valence-corrected chi connectivity index (χ3v) is 6.37. The van der Waals surface area contributed by atoms with Crippen LogP contribution in [0.25, 0.3) is 5.76 Å². The number of pyridine rings is 1. The second kappa shape index (κ2) is 9.60. The van der Waals surface area contributed by atoms with Crippen LogP contribution in [0, 0.1) is 13.8 Å². The quantitative estimate of drug-likeness (QED) is 0.270. The first kappa shape index (κ1) is 24.6. The average Bonchev–Trinajstić information content (AvgIpc) is 3.09. The number of hydrogen-bond donors (Lipinski definition) is 1. The van der Waals surface area contributed by atoms with Crippen molar-refractivity contribution in [3.63, 3.8) is 0 Å². The molecular weight excluding hydrogens is 491 g/mol. The summed E-state index contributed by atoms with van der Waals surface area (Å²) in [6.45, 7) is 3.81. The van der Waals surface area contributed by atoms with Crippen LogP contribution in [0.4, 0.5) is 5.69 Å². The van der Waals surface area contributed by atoms with Gasteiger partial charge in [0, 0.05) is 18.1 Å². The van der Waals surface area contributed by atoms with Crippen LogP contribution >= 0.6 is 23.2 Å². The fourth-order valence-electron chi connectivity index (χ4n) is 4.34. The lowest BCUT2D eigenvalue weighted by Crippen LogP contribution is -2.29. The zero-order valence-corrected chi connectivity index (χ0v) is 20.9. The number of anilines is 1. The smallest absolute Gasteiger partial charge is 0.300 e. The van der Waals surface area contributed by atoms with E-state index in [1.807, 2.05) is 32.0 Å². The summed E-state index contributed by atoms with van der Waals surface area (Å²) < 4.78 is 10.6. The maximum atomic E-state index is 13.4. The van der Waals surface area contributed by atoms with Crippen molar-refractivity contribution in [2.24, 2.45) is 0 Å². The third-order valence-electron chi connectivity index (χ3n) is 5.75. The number of halogens is 2. The summed E-state index contributed by atoms with van der Waals surface area (Å²) >= 11 is 12.7. The Hall–Kier alpha value is -3.55. The molecule has 1 aliphatic rings. The fourth-order valence-corrected chi connectivity index (χ4v) is 5.03. The summed E-state index contributed by atoms with van der Waals surface area (Å²) in [6, 6.07) is 9.42. The summed E-state index contributed by atoms with van der Waals surface area (Å²) in [5.41, 5.74) is 2.89. The van der Waals surface area contributed by atoms with Crippen LogP contribution in [0.1, 0.15) is 28.3 Å². The molecule has 3 aromatic rings. The zero-order chi connectivity index (χ0) is 25.4. The molecule has 1 N–H and O–H groups in total. The molecule has 0 aliphatic carbocycles. The summed E-state index contributed by atoms with van der Waals surface area (Å²) in [4.78, 5) is 32.2. The van der Waals surface area contributed by atoms with E-state index in [9.17, 15) is 14.7 Å². The van der Waals surface area contributed by atoms with Crippen molar-refractivity contribution in [2.45, 2.75) is 19.9 Å². The van der Waals surface area contributed by atoms with Crippen molar-refractivity contribution in [2.75, 3.05) is 19.1 Å². The summed E-state index contributed by atoms with van der Waals surface area (Å²) in [5.74, 6) is -1.89. The lowest BCUT2D eigenvalue weighted by Gasteiger charge is -2.26. The Morgan fingerprint density at radius 1 is 0.971 bits per heavy atom. The largest absolute Gasteiger partial charge is 0.507 e. The molecule has 35 heavy (non-hydrogen) atoms. The van der Waals surface area contributed by atoms with Crippen LogP contribution in [0.5, 0.6) is 11.5 Å². The van der Waals surface area contributed by atoms with E-state index in [2.05, 4.69) is 4.98 Å². The number of benzene rings is 2. The highest BCUT2D eigenvalue weighted by molar-refractivity contribution is 6.52. The summed E-state index contributed by atoms with van der Waals surface area (Å²) in [7, 11) is 2.75. The van der Waals surface area contributed by atoms with Crippen LogP contribution in [0.3, 0.4) is 0 Å². The molecule has 1 amide bonds. The molecule has 0 spiro atoms. The molecular formula is C26H22Cl2N2O5. The summed E-state index contributed by atoms with van der Waals surface area (Å²) in [5, 5.41) is 11.6. The van der Waals surface area contributed by atoms with Crippen LogP contribution in [0.15, 0.2) is 54.4 Å². The normalized spacial score (nSPS) is 17.1. The number of aliphatic hydroxyl groups excluding tert-OH is 1. The van der Waals surface area contributed by atoms with Gasteiger partial charge in [0.1, 0.15) is 10.8 Å². The van der Waals surface area contributed by atoms with Gasteiger partial charge in [-0.15, -0.1) is 0 Å². The minimum Gasteiger partial charge on any atom is -0.507 e. The van der Waals surface area contributed by atoms with Crippen molar-refractivity contribution in [1.82, 2.24) is 4.98 Å². The SMILES string of the molecule is COc1c(Cl)cc(/C(O)=C2\C(=O)C(=O)N(c3cc(C)cc(C)c3)C2c2ccncc2)c(OC)c1Cl. The number of amides is 1. The number of Topliss-reactive ketones (excluding diaryl/α,β-unsaturated/α-hetero) is 1. The van der Waals surface area contributed by atoms with E-state index in [1.54, 1.807) is 24.5 Å². The van der Waals surface area contributed by atoms with Crippen LogP contribution in [-0.4, -0.2) is 36.0 Å². The van der Waals surface area contributed by atoms with Gasteiger partial charge < -0.3 is 14.6 Å². The monoisotopic (exact) mass is 512 g/mol. The Bertz CT molecular complexity index is 1350. The molecule has 2 aromatic carbocycles. The van der Waals surface area contributed by atoms with Gasteiger partial charge in [-0.1, -0.05) is 29.3 Å². The maximum Gasteiger partial charge on any atom is 0.300 e. The Balaban J connectivity index is 2.02. The van der Waals surface area contributed by atoms with Gasteiger partial charge in [-0.25, -0.2) is 0 Å². The molecule has 0 bridgehead atoms. The van der Waals surface area contributed by atoms with Gasteiger partial charge in [0.2, 0.25) is 0 Å². The molecule has 0 saturated carbocycles. The predicted octanol–water partition coefficient (Wildman–Crippen LogP) is 5.65. The molecule has 1 atom stereocenters. The molecule has 1 unspecified atom stereocenters. The number of aryl methyl sites for hydroxylation is 2. The Morgan fingerprint density at radius 2 is 1.57 bits per heavy atom. The molecule has 1 fully saturated rings. The lowest BCUT2D eigenvalue weighted by atomic mass is 9.95. The molecule has 4 rings (SSSR count). The first-order valence-electron chi connectivity index (χ1n) is 10.6. The first-order valence-corrected chi connectivity index (χ1v) is 11.3. The maximum absolute atomic E-state index is 13.4. The summed E-state index contributed by atoms with van der Waals surface area (Å²) in [6.07, 6.45) is 3.11. The van der Waals surface area contributed by atoms with Crippen molar-refractivity contribution < 1.29 is 24.2 Å². The van der Waals surface area contributed by atoms with E-state index < -0.39 is 23.5 Å². The predicted molar refractivity (Wildman–Crippen MR) is 135 cm³/mol. The molecule has 1 aliphatic heterocycles. The minimum absolute atomic E-state index is 0.0213. The van der Waals surface area contributed by atoms with Gasteiger partial charge in [0.25, 0.3) is 11.7 Å². The third kappa shape index (κ3) is 4.22. The highest BCUT2D eigenvalue weighted by Crippen LogP contribution is 2.48. The molecule has 9 heteroatoms. The van der Waals surface area contributed by atoms with E-state index in [0.29, 0.717) is 11.3 Å². The topological polar surface area (TPSA) is 89.0 Å². The Labute approximate surface area is 212 Å². The Morgan fingerprint density at radius 3 is 2.14 bits per heavy atom. The molecule has 2 heterocycles. The standard InChI is InChI=1S/C26H22Cl2N2O5/c1-13-9-14(2)11-16(10-13)30-21(15-5-7-29-8-6-15)19(23(32)26(30)33)22(31)17-12-18(27)25(35-4)20(28)24(17)34-3/h5-12,21,31H,1-4H3/b22-19+. The van der Waals surface area contributed by atoms with Gasteiger partial charge in [-0.05, 0) is 60.9 Å². The first-order chi connectivity index (χ1) is 16.7. The number of carbonyl (C=O) groups is 2. The van der Waals surface area contributed by atoms with Crippen LogP contribution < -0.4 is 14.4 Å². The average molecular weight is 513 g/mol. The number of hydrogen-bond acceptors (Lipinski definition) is 6. The fraction of sp³-hybridized carbons (Fsp3) is 0.192. The lowest BCUT2D eigenvalue weighted by molar-refractivity contribution is -0.132. The second-order valence-corrected chi connectivity index (χ2v) is 8.87. The van der Waals surface area contributed by atoms with E-state index in [1.165, 1.54) is 25.2 Å². The van der Waals surface area contributed by atoms with E-state index in [0.717, 1.165) is 11.1 Å². The van der Waals surface area contributed by atoms with E-state index >= 15 is 0 Å². The van der Waals surface area contributed by atoms with E-state index in [4.69, 9.17) is 32.7 Å². The van der Waals surface area contributed by atoms with Gasteiger partial charge in [0.15, 0.2) is 11.5 Å². The van der Waals surface area contributed by atoms with Gasteiger partial charge in [-0.2, -0.15) is 0 Å². The van der Waals surface area contributed by atoms with Crippen molar-refractivity contribution in [3.05, 3.63) is 86.7 Å². The number of aliphatic hydroxyl groups is 1. The highest BCUT2D eigenvalue weighted by Gasteiger charge is 2.47. The molecule has 0 radical (unpaired) electrons. The highest BCUT2D eigenvalue weighted by atomic mass is 35.5. The van der Waals surface area contributed by atoms with Gasteiger partial charge in [-0.3, -0.25) is 19.5 Å². The van der Waals surface area contributed by atoms with Crippen LogP contribution in [-0.2, 0) is 9.59 Å². The Kier molecular flexibility index (Phi) is 6.74. The van der Waals surface area contributed by atoms with Crippen LogP contribution in [0.2, 0.25) is 10.0 Å². The number of ketones is 1. The second-order valence-electron chi connectivity index (χ2n) is 8.08. The zero-order valence-electron chi connectivity index (χ0n) is 19.4. The van der Waals surface area contributed by atoms with Crippen molar-refractivity contribution in [3.8, 4) is 11.5 Å². The van der Waals surface area contributed by atoms with Crippen molar-refractivity contribution >= 4 is 46.3 Å². The molecule has 7 nitrogen and oxygen atoms in total. The van der Waals surface area contributed by atoms with Crippen molar-refractivity contribution in [1.29, 1.82) is 0 Å². The van der Waals surface area contributed by atoms with E-state index in [-0.39, 0.29) is 32.7 Å². The van der Waals surface area contributed by atoms with Gasteiger partial charge in [0.05, 0.1) is 36.4 Å². The molecule has 1 saturated heterocycles. The number of aromatic nitrogens is 1. The number of ether oxygens (including phenoxy) is 2. The minimum atomic E-state index is -0.927. The number of carbonyl (C=O) groups excluding carboxylic acids is 2. The van der Waals surface area contributed by atoms with Gasteiger partial charge >= 0.3 is 0 Å². The molecule has 180 valence electrons. The molecule has 1 aromatic heterocycles. The number of rotatable bonds is 5.